The van der Waals surface area contributed by atoms with Crippen molar-refractivity contribution in [3.05, 3.63) is 253 Å². The fourth-order valence-electron chi connectivity index (χ4n) is 11.9. The SMILES string of the molecule is [2H]c1c([2H])c([2H])c2c(c1[2H])c1c([2H])c([2H])c([2H])c([2H])c1n2-c1c(C#N)c(-n2c3c([2H])c([2H])c([2H])c([2H])c3c3c([2H])c([2H])c([2H])c([2H])c32)c(-n2c3cc(-c4cccc5ccccc45)ccc3c3ccc4c5ccccc5sc4c32)c(C#N)c1-n1c2c([2H])c([2H])c([2H])c([2H])c2c2c([2H])c([2H])c([2H])c([2H])c21. The van der Waals surface area contributed by atoms with Crippen LogP contribution in [0.3, 0.4) is 0 Å². The molecule has 0 N–H and O–H groups in total. The van der Waals surface area contributed by atoms with Gasteiger partial charge in [0.15, 0.2) is 0 Å². The van der Waals surface area contributed by atoms with Gasteiger partial charge in [0, 0.05) is 58.6 Å². The lowest BCUT2D eigenvalue weighted by Gasteiger charge is -2.27. The van der Waals surface area contributed by atoms with Crippen molar-refractivity contribution in [2.45, 2.75) is 0 Å². The molecule has 0 aliphatic heterocycles. The van der Waals surface area contributed by atoms with E-state index in [1.165, 1.54) is 11.3 Å². The molecule has 0 saturated carbocycles. The largest absolute Gasteiger partial charge is 0.306 e. The van der Waals surface area contributed by atoms with Crippen LogP contribution in [0.2, 0.25) is 0 Å². The van der Waals surface area contributed by atoms with Crippen LogP contribution < -0.4 is 0 Å². The lowest BCUT2D eigenvalue weighted by molar-refractivity contribution is 1.03. The highest BCUT2D eigenvalue weighted by Crippen LogP contribution is 2.51. The highest BCUT2D eigenvalue weighted by molar-refractivity contribution is 7.26. The van der Waals surface area contributed by atoms with E-state index in [0.717, 1.165) is 34.6 Å². The molecular weight excluding hydrogens is 981 g/mol. The molecule has 0 spiro atoms. The van der Waals surface area contributed by atoms with Crippen molar-refractivity contribution in [3.63, 3.8) is 0 Å². The van der Waals surface area contributed by atoms with Crippen molar-refractivity contribution in [2.24, 2.45) is 0 Å². The number of aromatic nitrogens is 4. The van der Waals surface area contributed by atoms with Crippen molar-refractivity contribution in [1.29, 1.82) is 10.5 Å². The number of fused-ring (bicyclic) bond motifs is 17. The van der Waals surface area contributed by atoms with Gasteiger partial charge >= 0.3 is 0 Å². The maximum absolute atomic E-state index is 13.3. The number of hydrogen-bond donors (Lipinski definition) is 0. The van der Waals surface area contributed by atoms with Crippen LogP contribution in [0, 0.1) is 22.7 Å². The molecule has 7 heteroatoms. The van der Waals surface area contributed by atoms with E-state index in [2.05, 4.69) is 12.1 Å². The molecule has 0 aliphatic rings. The quantitative estimate of drug-likeness (QED) is 0.172. The van der Waals surface area contributed by atoms with Crippen molar-refractivity contribution in [1.82, 2.24) is 18.3 Å². The molecule has 0 bridgehead atoms. The van der Waals surface area contributed by atoms with Gasteiger partial charge in [-0.2, -0.15) is 10.5 Å². The minimum absolute atomic E-state index is 0.196. The predicted molar refractivity (Wildman–Crippen MR) is 329 cm³/mol. The lowest BCUT2D eigenvalue weighted by atomic mass is 9.97. The summed E-state index contributed by atoms with van der Waals surface area (Å²) in [4.78, 5) is 0. The van der Waals surface area contributed by atoms with Gasteiger partial charge in [-0.25, -0.2) is 0 Å². The third-order valence-electron chi connectivity index (χ3n) is 15.0. The Morgan fingerprint density at radius 1 is 0.342 bits per heavy atom. The minimum atomic E-state index is -0.983. The molecule has 0 unspecified atom stereocenters. The molecular formula is C72H40N6S. The number of hydrogen-bond acceptors (Lipinski definition) is 3. The summed E-state index contributed by atoms with van der Waals surface area (Å²) >= 11 is 1.30. The van der Waals surface area contributed by atoms with Gasteiger partial charge in [-0.3, -0.25) is 0 Å². The Morgan fingerprint density at radius 2 is 0.747 bits per heavy atom. The van der Waals surface area contributed by atoms with Crippen molar-refractivity contribution in [3.8, 4) is 46.0 Å². The topological polar surface area (TPSA) is 67.3 Å². The molecule has 0 radical (unpaired) electrons. The Balaban J connectivity index is 1.30. The van der Waals surface area contributed by atoms with Crippen LogP contribution in [0.4, 0.5) is 0 Å². The Hall–Kier alpha value is -10.7. The normalized spacial score (nSPS) is 16.3. The number of benzene rings is 12. The van der Waals surface area contributed by atoms with E-state index >= 15 is 0 Å². The molecule has 0 amide bonds. The molecule has 0 saturated heterocycles. The van der Waals surface area contributed by atoms with Gasteiger partial charge in [0.1, 0.15) is 23.3 Å². The zero-order valence-electron chi connectivity index (χ0n) is 64.3. The van der Waals surface area contributed by atoms with Crippen molar-refractivity contribution in [2.75, 3.05) is 0 Å². The first-order valence-corrected chi connectivity index (χ1v) is 25.4. The van der Waals surface area contributed by atoms with E-state index in [9.17, 15) is 37.9 Å². The highest BCUT2D eigenvalue weighted by atomic mass is 32.1. The van der Waals surface area contributed by atoms with Gasteiger partial charge in [-0.1, -0.05) is 194 Å². The van der Waals surface area contributed by atoms with Crippen LogP contribution in [-0.2, 0) is 0 Å². The molecule has 17 aromatic rings. The monoisotopic (exact) mass is 1040 g/mol. The van der Waals surface area contributed by atoms with E-state index in [1.54, 1.807) is 10.6 Å². The predicted octanol–water partition coefficient (Wildman–Crippen LogP) is 19.0. The molecule has 79 heavy (non-hydrogen) atoms. The van der Waals surface area contributed by atoms with E-state index < -0.39 is 244 Å². The summed E-state index contributed by atoms with van der Waals surface area (Å²) in [5.74, 6) is 0. The van der Waals surface area contributed by atoms with Crippen LogP contribution in [0.5, 0.6) is 0 Å². The van der Waals surface area contributed by atoms with E-state index in [0.29, 0.717) is 32.0 Å². The van der Waals surface area contributed by atoms with Crippen LogP contribution in [0.25, 0.3) is 152 Å². The smallest absolute Gasteiger partial charge is 0.104 e. The van der Waals surface area contributed by atoms with Crippen LogP contribution in [0.15, 0.2) is 242 Å². The second-order valence-corrected chi connectivity index (χ2v) is 19.8. The first-order chi connectivity index (χ1) is 49.1. The second kappa shape index (κ2) is 16.4. The molecule has 12 aromatic carbocycles. The van der Waals surface area contributed by atoms with E-state index in [-0.39, 0.29) is 11.0 Å². The summed E-state index contributed by atoms with van der Waals surface area (Å²) < 4.78 is 235. The van der Waals surface area contributed by atoms with Crippen LogP contribution in [0.1, 0.15) is 44.0 Å². The van der Waals surface area contributed by atoms with E-state index in [1.807, 2.05) is 91.0 Å². The third-order valence-corrected chi connectivity index (χ3v) is 16.2. The standard InChI is InChI=1S/C72H40N6S/c73-41-57-67(75-59-29-10-3-21-47(59)48-22-4-11-30-60(48)75)68(76-61-31-12-5-23-49(61)50-24-6-13-32-62(50)76)58(42-74)70(69(57)77-63-33-14-7-25-51(63)52-26-8-15-34-64(52)77)78-65-40-44(46-28-17-19-43-18-1-2-20-45(43)46)36-37-53(65)55-38-39-56-54-27-9-16-35-66(54)79-72(56)71(55)78/h1-40H/i3D,4D,5D,6D,7D,8D,10D,11D,12D,13D,14D,15D,21D,22D,23D,24D,25D,26D,29D,30D,31D,32D,33D,34D. The highest BCUT2D eigenvalue weighted by Gasteiger charge is 2.35. The molecule has 0 atom stereocenters. The zero-order valence-corrected chi connectivity index (χ0v) is 41.1. The van der Waals surface area contributed by atoms with Gasteiger partial charge in [-0.05, 0) is 70.3 Å². The lowest BCUT2D eigenvalue weighted by Crippen LogP contribution is -2.16. The summed E-state index contributed by atoms with van der Waals surface area (Å²) in [6, 6.07) is 12.4. The van der Waals surface area contributed by atoms with Crippen LogP contribution in [-0.4, -0.2) is 18.3 Å². The molecule has 0 fully saturated rings. The Bertz CT molecular complexity index is 6850. The van der Waals surface area contributed by atoms with Crippen molar-refractivity contribution < 1.29 is 32.9 Å². The summed E-state index contributed by atoms with van der Waals surface area (Å²) in [6.07, 6.45) is 0. The molecule has 6 nitrogen and oxygen atoms in total. The third kappa shape index (κ3) is 5.86. The molecule has 0 aliphatic carbocycles. The summed E-state index contributed by atoms with van der Waals surface area (Å²) in [7, 11) is 0. The Kier molecular flexibility index (Phi) is 5.48. The first-order valence-electron chi connectivity index (χ1n) is 36.6. The average Bonchev–Trinajstić information content (AvgIpc) is 1.54. The van der Waals surface area contributed by atoms with Gasteiger partial charge < -0.3 is 18.3 Å². The maximum Gasteiger partial charge on any atom is 0.104 e. The number of nitriles is 2. The number of para-hydroxylation sites is 6. The van der Waals surface area contributed by atoms with Crippen LogP contribution >= 0.6 is 11.3 Å². The maximum atomic E-state index is 13.3. The summed E-state index contributed by atoms with van der Waals surface area (Å²) in [5, 5.41) is 27.0. The summed E-state index contributed by atoms with van der Waals surface area (Å²) in [5.41, 5.74) is -7.11. The van der Waals surface area contributed by atoms with Gasteiger partial charge in [0.05, 0.1) is 104 Å². The fraction of sp³-hybridized carbons (Fsp3) is 0. The Morgan fingerprint density at radius 3 is 1.24 bits per heavy atom. The molecule has 17 rings (SSSR count). The first kappa shape index (κ1) is 26.4. The molecule has 5 aromatic heterocycles. The fourth-order valence-corrected chi connectivity index (χ4v) is 13.1. The summed E-state index contributed by atoms with van der Waals surface area (Å²) in [6.45, 7) is 0. The number of nitrogens with zero attached hydrogens (tertiary/aromatic N) is 6. The van der Waals surface area contributed by atoms with E-state index in [4.69, 9.17) is 5.48 Å². The van der Waals surface area contributed by atoms with Crippen molar-refractivity contribution >= 4 is 130 Å². The van der Waals surface area contributed by atoms with Gasteiger partial charge in [0.2, 0.25) is 0 Å². The minimum Gasteiger partial charge on any atom is -0.306 e. The molecule has 5 heterocycles. The average molecular weight is 1050 g/mol. The Labute approximate surface area is 489 Å². The van der Waals surface area contributed by atoms with Gasteiger partial charge in [-0.15, -0.1) is 11.3 Å². The number of rotatable bonds is 5. The van der Waals surface area contributed by atoms with Gasteiger partial charge in [0.25, 0.3) is 0 Å². The zero-order chi connectivity index (χ0) is 72.9. The number of thiophene rings is 1. The molecule has 364 valence electrons. The second-order valence-electron chi connectivity index (χ2n) is 18.7.